The number of aliphatic hydroxyl groups is 2. The minimum atomic E-state index is -0.769. The molecule has 0 bridgehead atoms. The average molecular weight is 393 g/mol. The van der Waals surface area contributed by atoms with E-state index in [-0.39, 0.29) is 12.5 Å². The van der Waals surface area contributed by atoms with Crippen LogP contribution in [0, 0.1) is 0 Å². The van der Waals surface area contributed by atoms with Gasteiger partial charge in [-0.25, -0.2) is 0 Å². The number of nitrogens with one attached hydrogen (secondary N) is 3. The lowest BCUT2D eigenvalue weighted by Gasteiger charge is -2.09. The zero-order valence-electron chi connectivity index (χ0n) is 15.7. The first-order valence-corrected chi connectivity index (χ1v) is 9.16. The zero-order chi connectivity index (χ0) is 20.5. The van der Waals surface area contributed by atoms with Crippen LogP contribution in [0.2, 0.25) is 0 Å². The maximum Gasteiger partial charge on any atom is 0.248 e. The summed E-state index contributed by atoms with van der Waals surface area (Å²) in [5.41, 5.74) is 4.35. The monoisotopic (exact) mass is 393 g/mol. The van der Waals surface area contributed by atoms with Crippen LogP contribution < -0.4 is 10.6 Å². The van der Waals surface area contributed by atoms with Crippen LogP contribution in [0.3, 0.4) is 0 Å². The first-order valence-electron chi connectivity index (χ1n) is 9.16. The lowest BCUT2D eigenvalue weighted by molar-refractivity contribution is -0.111. The van der Waals surface area contributed by atoms with Crippen LogP contribution in [0.4, 0.5) is 5.69 Å². The molecule has 0 radical (unpaired) electrons. The Morgan fingerprint density at radius 3 is 2.76 bits per heavy atom. The Morgan fingerprint density at radius 2 is 2.03 bits per heavy atom. The van der Waals surface area contributed by atoms with Gasteiger partial charge >= 0.3 is 0 Å². The minimum Gasteiger partial charge on any atom is -0.394 e. The predicted molar refractivity (Wildman–Crippen MR) is 111 cm³/mol. The maximum atomic E-state index is 12.2. The van der Waals surface area contributed by atoms with Gasteiger partial charge in [-0.2, -0.15) is 5.10 Å². The number of benzene rings is 1. The molecule has 3 aromatic rings. The summed E-state index contributed by atoms with van der Waals surface area (Å²) in [5.74, 6) is -0.246. The van der Waals surface area contributed by atoms with E-state index < -0.39 is 6.10 Å². The summed E-state index contributed by atoms with van der Waals surface area (Å²) in [5, 5.41) is 30.7. The summed E-state index contributed by atoms with van der Waals surface area (Å²) in [6, 6.07) is 9.26. The summed E-state index contributed by atoms with van der Waals surface area (Å²) in [6.07, 6.45) is 9.31. The average Bonchev–Trinajstić information content (AvgIpc) is 3.28. The van der Waals surface area contributed by atoms with Gasteiger partial charge in [-0.1, -0.05) is 12.1 Å². The van der Waals surface area contributed by atoms with Gasteiger partial charge in [0.25, 0.3) is 0 Å². The third-order valence-corrected chi connectivity index (χ3v) is 4.22. The van der Waals surface area contributed by atoms with Crippen LogP contribution >= 0.6 is 0 Å². The van der Waals surface area contributed by atoms with Gasteiger partial charge in [0, 0.05) is 54.6 Å². The van der Waals surface area contributed by atoms with Crippen LogP contribution in [-0.2, 0) is 11.3 Å². The van der Waals surface area contributed by atoms with Gasteiger partial charge in [0.15, 0.2) is 0 Å². The topological polar surface area (TPSA) is 123 Å². The van der Waals surface area contributed by atoms with E-state index in [2.05, 4.69) is 25.8 Å². The van der Waals surface area contributed by atoms with Crippen LogP contribution in [0.1, 0.15) is 11.1 Å². The van der Waals surface area contributed by atoms with Crippen molar-refractivity contribution in [3.63, 3.8) is 0 Å². The number of aliphatic hydroxyl groups excluding tert-OH is 2. The van der Waals surface area contributed by atoms with Crippen molar-refractivity contribution in [3.05, 3.63) is 72.3 Å². The molecule has 0 spiro atoms. The summed E-state index contributed by atoms with van der Waals surface area (Å²) in [6.45, 7) is 0.603. The molecule has 0 saturated heterocycles. The van der Waals surface area contributed by atoms with E-state index >= 15 is 0 Å². The number of rotatable bonds is 9. The summed E-state index contributed by atoms with van der Waals surface area (Å²) in [4.78, 5) is 16.4. The summed E-state index contributed by atoms with van der Waals surface area (Å²) < 4.78 is 0. The number of anilines is 1. The Morgan fingerprint density at radius 1 is 1.21 bits per heavy atom. The fraction of sp³-hybridized carbons (Fsp3) is 0.190. The number of pyridine rings is 1. The molecule has 0 aliphatic rings. The molecule has 1 atom stereocenters. The molecular weight excluding hydrogens is 370 g/mol. The molecule has 0 saturated carbocycles. The third-order valence-electron chi connectivity index (χ3n) is 4.22. The third kappa shape index (κ3) is 6.08. The summed E-state index contributed by atoms with van der Waals surface area (Å²) >= 11 is 0. The molecule has 1 aromatic carbocycles. The Balaban J connectivity index is 1.56. The van der Waals surface area contributed by atoms with Gasteiger partial charge in [0.05, 0.1) is 18.9 Å². The van der Waals surface area contributed by atoms with E-state index in [9.17, 15) is 9.90 Å². The highest BCUT2D eigenvalue weighted by molar-refractivity contribution is 6.02. The molecule has 3 rings (SSSR count). The van der Waals surface area contributed by atoms with Crippen molar-refractivity contribution in [2.24, 2.45) is 0 Å². The van der Waals surface area contributed by atoms with Gasteiger partial charge in [0.2, 0.25) is 5.91 Å². The second kappa shape index (κ2) is 10.3. The number of aromatic nitrogens is 3. The molecule has 1 amide bonds. The van der Waals surface area contributed by atoms with Crippen molar-refractivity contribution in [2.75, 3.05) is 18.5 Å². The van der Waals surface area contributed by atoms with Crippen molar-refractivity contribution >= 4 is 17.7 Å². The van der Waals surface area contributed by atoms with E-state index in [1.54, 1.807) is 30.9 Å². The van der Waals surface area contributed by atoms with Crippen molar-refractivity contribution in [1.29, 1.82) is 0 Å². The predicted octanol–water partition coefficient (Wildman–Crippen LogP) is 1.57. The molecule has 8 heteroatoms. The van der Waals surface area contributed by atoms with Crippen molar-refractivity contribution in [3.8, 4) is 11.1 Å². The summed E-state index contributed by atoms with van der Waals surface area (Å²) in [7, 11) is 0. The van der Waals surface area contributed by atoms with E-state index in [0.29, 0.717) is 18.8 Å². The molecule has 0 aliphatic carbocycles. The van der Waals surface area contributed by atoms with Crippen molar-refractivity contribution in [2.45, 2.75) is 12.6 Å². The molecule has 8 nitrogen and oxygen atoms in total. The number of carbonyl (C=O) groups is 1. The highest BCUT2D eigenvalue weighted by Crippen LogP contribution is 2.22. The number of nitrogens with zero attached hydrogens (tertiary/aromatic N) is 2. The maximum absolute atomic E-state index is 12.2. The first-order chi connectivity index (χ1) is 14.2. The lowest BCUT2D eigenvalue weighted by Crippen LogP contribution is -2.28. The van der Waals surface area contributed by atoms with E-state index in [1.807, 2.05) is 30.3 Å². The van der Waals surface area contributed by atoms with Crippen LogP contribution in [0.15, 0.2) is 61.2 Å². The number of amides is 1. The second-order valence-corrected chi connectivity index (χ2v) is 6.44. The molecule has 2 heterocycles. The molecule has 150 valence electrons. The number of H-pyrrole nitrogens is 1. The Labute approximate surface area is 168 Å². The number of carbonyl (C=O) groups excluding carboxylic acids is 1. The number of hydrogen-bond donors (Lipinski definition) is 5. The highest BCUT2D eigenvalue weighted by atomic mass is 16.3. The van der Waals surface area contributed by atoms with E-state index in [0.717, 1.165) is 22.3 Å². The number of hydrogen-bond acceptors (Lipinski definition) is 6. The standard InChI is InChI=1S/C21H23N5O3/c27-14-19(28)13-23-9-15-1-4-18(5-2-15)26-21(29)6-3-16-10-22-8-7-20(16)17-11-24-25-12-17/h1-8,10-12,19,23,27-28H,9,13-14H2,(H,24,25)(H,26,29)/b6-3+. The van der Waals surface area contributed by atoms with Gasteiger partial charge in [0.1, 0.15) is 0 Å². The van der Waals surface area contributed by atoms with Crippen molar-refractivity contribution in [1.82, 2.24) is 20.5 Å². The van der Waals surface area contributed by atoms with Crippen LogP contribution in [-0.4, -0.2) is 50.6 Å². The smallest absolute Gasteiger partial charge is 0.248 e. The minimum absolute atomic E-state index is 0.246. The van der Waals surface area contributed by atoms with Gasteiger partial charge in [-0.3, -0.25) is 14.9 Å². The molecule has 1 unspecified atom stereocenters. The molecular formula is C21H23N5O3. The fourth-order valence-electron chi connectivity index (χ4n) is 2.70. The van der Waals surface area contributed by atoms with Crippen LogP contribution in [0.25, 0.3) is 17.2 Å². The quantitative estimate of drug-likeness (QED) is 0.352. The largest absolute Gasteiger partial charge is 0.394 e. The van der Waals surface area contributed by atoms with E-state index in [1.165, 1.54) is 6.08 Å². The molecule has 5 N–H and O–H groups in total. The highest BCUT2D eigenvalue weighted by Gasteiger charge is 2.05. The Kier molecular flexibility index (Phi) is 7.23. The normalized spacial score (nSPS) is 12.2. The fourth-order valence-corrected chi connectivity index (χ4v) is 2.70. The number of aromatic amines is 1. The van der Waals surface area contributed by atoms with Gasteiger partial charge < -0.3 is 20.8 Å². The Bertz CT molecular complexity index is 939. The SMILES string of the molecule is O=C(/C=C/c1cnccc1-c1cn[nH]c1)Nc1ccc(CNCC(O)CO)cc1. The molecule has 29 heavy (non-hydrogen) atoms. The zero-order valence-corrected chi connectivity index (χ0v) is 15.7. The second-order valence-electron chi connectivity index (χ2n) is 6.44. The van der Waals surface area contributed by atoms with Gasteiger partial charge in [-0.05, 0) is 35.4 Å². The van der Waals surface area contributed by atoms with Crippen molar-refractivity contribution < 1.29 is 15.0 Å². The molecule has 0 aliphatic heterocycles. The van der Waals surface area contributed by atoms with Gasteiger partial charge in [-0.15, -0.1) is 0 Å². The van der Waals surface area contributed by atoms with Crippen LogP contribution in [0.5, 0.6) is 0 Å². The first kappa shape index (κ1) is 20.4. The Hall–Kier alpha value is -3.33. The van der Waals surface area contributed by atoms with E-state index in [4.69, 9.17) is 5.11 Å². The molecule has 2 aromatic heterocycles. The lowest BCUT2D eigenvalue weighted by atomic mass is 10.0. The molecule has 0 fully saturated rings.